The average Bonchev–Trinajstić information content (AvgIpc) is 2.88. The summed E-state index contributed by atoms with van der Waals surface area (Å²) in [6.45, 7) is 7.19. The third kappa shape index (κ3) is 3.15. The third-order valence-electron chi connectivity index (χ3n) is 4.43. The molecule has 1 aromatic carbocycles. The van der Waals surface area contributed by atoms with Gasteiger partial charge in [0, 0.05) is 24.7 Å². The van der Waals surface area contributed by atoms with E-state index in [1.165, 1.54) is 22.4 Å². The van der Waals surface area contributed by atoms with E-state index in [0.717, 1.165) is 24.2 Å². The monoisotopic (exact) mass is 307 g/mol. The van der Waals surface area contributed by atoms with Crippen molar-refractivity contribution in [1.29, 1.82) is 0 Å². The Labute approximate surface area is 138 Å². The summed E-state index contributed by atoms with van der Waals surface area (Å²) in [5.41, 5.74) is 13.1. The summed E-state index contributed by atoms with van der Waals surface area (Å²) >= 11 is 0. The van der Waals surface area contributed by atoms with E-state index in [4.69, 9.17) is 10.7 Å². The normalized spacial score (nSPS) is 11.5. The number of benzene rings is 1. The molecule has 0 saturated carbocycles. The minimum absolute atomic E-state index is 0.565. The second kappa shape index (κ2) is 6.55. The summed E-state index contributed by atoms with van der Waals surface area (Å²) in [5, 5.41) is 0. The fourth-order valence-electron chi connectivity index (χ4n) is 3.06. The molecule has 2 N–H and O–H groups in total. The molecule has 0 unspecified atom stereocenters. The number of nitrogens with two attached hydrogens (primary N) is 1. The Hall–Kier alpha value is -2.13. The minimum atomic E-state index is 0.565. The maximum atomic E-state index is 5.82. The standard InChI is InChI=1S/C20H25N3/c1-14(2)17-8-6-16(7-9-17)13-18-19(10-11-21)23-12-4-5-15(3)20(23)22-18/h4-9,12,14H,10-11,13,21H2,1-3H3. The number of nitrogens with zero attached hydrogens (tertiary/aromatic N) is 2. The summed E-state index contributed by atoms with van der Waals surface area (Å²) in [6, 6.07) is 13.1. The van der Waals surface area contributed by atoms with Crippen LogP contribution in [0.1, 0.15) is 47.8 Å². The zero-order valence-electron chi connectivity index (χ0n) is 14.2. The van der Waals surface area contributed by atoms with E-state index in [0.29, 0.717) is 12.5 Å². The van der Waals surface area contributed by atoms with Crippen LogP contribution in [0, 0.1) is 6.92 Å². The number of pyridine rings is 1. The van der Waals surface area contributed by atoms with Crippen LogP contribution in [-0.2, 0) is 12.8 Å². The second-order valence-electron chi connectivity index (χ2n) is 6.50. The van der Waals surface area contributed by atoms with Gasteiger partial charge >= 0.3 is 0 Å². The zero-order valence-corrected chi connectivity index (χ0v) is 14.2. The fourth-order valence-corrected chi connectivity index (χ4v) is 3.06. The van der Waals surface area contributed by atoms with Crippen molar-refractivity contribution in [3.8, 4) is 0 Å². The zero-order chi connectivity index (χ0) is 16.4. The van der Waals surface area contributed by atoms with Gasteiger partial charge < -0.3 is 10.1 Å². The van der Waals surface area contributed by atoms with E-state index < -0.39 is 0 Å². The SMILES string of the molecule is Cc1cccn2c(CCN)c(Cc3ccc(C(C)C)cc3)nc12. The summed E-state index contributed by atoms with van der Waals surface area (Å²) in [6.07, 6.45) is 3.80. The Balaban J connectivity index is 1.98. The highest BCUT2D eigenvalue weighted by molar-refractivity contribution is 5.51. The van der Waals surface area contributed by atoms with Crippen molar-refractivity contribution in [2.24, 2.45) is 5.73 Å². The van der Waals surface area contributed by atoms with Crippen LogP contribution in [0.15, 0.2) is 42.6 Å². The van der Waals surface area contributed by atoms with Gasteiger partial charge in [-0.1, -0.05) is 44.2 Å². The van der Waals surface area contributed by atoms with Gasteiger partial charge in [-0.05, 0) is 42.1 Å². The van der Waals surface area contributed by atoms with Crippen molar-refractivity contribution in [2.75, 3.05) is 6.54 Å². The van der Waals surface area contributed by atoms with Gasteiger partial charge in [-0.2, -0.15) is 0 Å². The van der Waals surface area contributed by atoms with Gasteiger partial charge in [-0.15, -0.1) is 0 Å². The molecule has 3 rings (SSSR count). The molecule has 0 amide bonds. The molecule has 0 bridgehead atoms. The van der Waals surface area contributed by atoms with Crippen LogP contribution in [0.2, 0.25) is 0 Å². The number of rotatable bonds is 5. The van der Waals surface area contributed by atoms with E-state index in [9.17, 15) is 0 Å². The quantitative estimate of drug-likeness (QED) is 0.778. The van der Waals surface area contributed by atoms with Crippen molar-refractivity contribution >= 4 is 5.65 Å². The van der Waals surface area contributed by atoms with Crippen LogP contribution >= 0.6 is 0 Å². The van der Waals surface area contributed by atoms with Gasteiger partial charge in [-0.3, -0.25) is 0 Å². The number of fused-ring (bicyclic) bond motifs is 1. The van der Waals surface area contributed by atoms with E-state index in [1.54, 1.807) is 0 Å². The largest absolute Gasteiger partial charge is 0.330 e. The first-order valence-corrected chi connectivity index (χ1v) is 8.34. The lowest BCUT2D eigenvalue weighted by Gasteiger charge is -2.07. The molecule has 0 aliphatic heterocycles. The summed E-state index contributed by atoms with van der Waals surface area (Å²) in [5.74, 6) is 0.565. The number of aromatic nitrogens is 2. The van der Waals surface area contributed by atoms with Crippen LogP contribution in [0.4, 0.5) is 0 Å². The Morgan fingerprint density at radius 2 is 1.87 bits per heavy atom. The molecule has 0 fully saturated rings. The summed E-state index contributed by atoms with van der Waals surface area (Å²) in [7, 11) is 0. The highest BCUT2D eigenvalue weighted by atomic mass is 15.0. The molecule has 23 heavy (non-hydrogen) atoms. The van der Waals surface area contributed by atoms with E-state index in [1.807, 2.05) is 0 Å². The first-order valence-electron chi connectivity index (χ1n) is 8.34. The first kappa shape index (κ1) is 15.8. The molecular weight excluding hydrogens is 282 g/mol. The maximum Gasteiger partial charge on any atom is 0.140 e. The Kier molecular flexibility index (Phi) is 4.49. The van der Waals surface area contributed by atoms with Gasteiger partial charge in [0.2, 0.25) is 0 Å². The Morgan fingerprint density at radius 3 is 2.52 bits per heavy atom. The lowest BCUT2D eigenvalue weighted by atomic mass is 10.00. The van der Waals surface area contributed by atoms with Crippen molar-refractivity contribution in [3.05, 3.63) is 70.7 Å². The van der Waals surface area contributed by atoms with E-state index in [-0.39, 0.29) is 0 Å². The molecule has 3 aromatic rings. The topological polar surface area (TPSA) is 43.3 Å². The lowest BCUT2D eigenvalue weighted by molar-refractivity contribution is 0.863. The Morgan fingerprint density at radius 1 is 1.13 bits per heavy atom. The van der Waals surface area contributed by atoms with E-state index >= 15 is 0 Å². The van der Waals surface area contributed by atoms with Crippen molar-refractivity contribution in [3.63, 3.8) is 0 Å². The highest BCUT2D eigenvalue weighted by Gasteiger charge is 2.13. The lowest BCUT2D eigenvalue weighted by Crippen LogP contribution is -2.07. The predicted octanol–water partition coefficient (Wildman–Crippen LogP) is 3.86. The summed E-state index contributed by atoms with van der Waals surface area (Å²) < 4.78 is 2.19. The molecule has 0 saturated heterocycles. The van der Waals surface area contributed by atoms with Crippen LogP contribution < -0.4 is 5.73 Å². The molecule has 2 heterocycles. The number of aryl methyl sites for hydroxylation is 1. The maximum absolute atomic E-state index is 5.82. The van der Waals surface area contributed by atoms with Crippen molar-refractivity contribution < 1.29 is 0 Å². The van der Waals surface area contributed by atoms with Crippen LogP contribution in [0.3, 0.4) is 0 Å². The summed E-state index contributed by atoms with van der Waals surface area (Å²) in [4.78, 5) is 4.89. The number of imidazole rings is 1. The molecule has 0 atom stereocenters. The predicted molar refractivity (Wildman–Crippen MR) is 96.0 cm³/mol. The van der Waals surface area contributed by atoms with Gasteiger partial charge in [0.05, 0.1) is 5.69 Å². The molecule has 3 nitrogen and oxygen atoms in total. The first-order chi connectivity index (χ1) is 11.1. The van der Waals surface area contributed by atoms with Crippen molar-refractivity contribution in [1.82, 2.24) is 9.38 Å². The van der Waals surface area contributed by atoms with Crippen LogP contribution in [0.25, 0.3) is 5.65 Å². The molecule has 120 valence electrons. The smallest absolute Gasteiger partial charge is 0.140 e. The van der Waals surface area contributed by atoms with Gasteiger partial charge in [-0.25, -0.2) is 4.98 Å². The minimum Gasteiger partial charge on any atom is -0.330 e. The highest BCUT2D eigenvalue weighted by Crippen LogP contribution is 2.21. The Bertz CT molecular complexity index is 798. The van der Waals surface area contributed by atoms with Crippen molar-refractivity contribution in [2.45, 2.75) is 39.5 Å². The molecule has 0 spiro atoms. The molecule has 0 aliphatic rings. The molecule has 0 aliphatic carbocycles. The fraction of sp³-hybridized carbons (Fsp3) is 0.350. The molecule has 0 radical (unpaired) electrons. The number of hydrogen-bond acceptors (Lipinski definition) is 2. The third-order valence-corrected chi connectivity index (χ3v) is 4.43. The van der Waals surface area contributed by atoms with Gasteiger partial charge in [0.25, 0.3) is 0 Å². The van der Waals surface area contributed by atoms with Gasteiger partial charge in [0.15, 0.2) is 0 Å². The van der Waals surface area contributed by atoms with E-state index in [2.05, 4.69) is 67.8 Å². The molecule has 3 heteroatoms. The van der Waals surface area contributed by atoms with Crippen LogP contribution in [-0.4, -0.2) is 15.9 Å². The van der Waals surface area contributed by atoms with Gasteiger partial charge in [0.1, 0.15) is 5.65 Å². The van der Waals surface area contributed by atoms with Crippen LogP contribution in [0.5, 0.6) is 0 Å². The molecular formula is C20H25N3. The second-order valence-corrected chi connectivity index (χ2v) is 6.50. The average molecular weight is 307 g/mol. The molecule has 2 aromatic heterocycles. The number of hydrogen-bond donors (Lipinski definition) is 1.